The Morgan fingerprint density at radius 1 is 1.86 bits per heavy atom. The van der Waals surface area contributed by atoms with Crippen LogP contribution in [0.25, 0.3) is 0 Å². The van der Waals surface area contributed by atoms with Crippen molar-refractivity contribution < 1.29 is 5.21 Å². The second kappa shape index (κ2) is 5.02. The number of hydrogen-bond donors (Lipinski definition) is 4. The molecule has 0 spiro atoms. The van der Waals surface area contributed by atoms with Crippen LogP contribution < -0.4 is 10.6 Å². The highest BCUT2D eigenvalue weighted by Crippen LogP contribution is 2.17. The molecule has 1 unspecified atom stereocenters. The Morgan fingerprint density at radius 3 is 2.93 bits per heavy atom. The van der Waals surface area contributed by atoms with E-state index in [4.69, 9.17) is 10.6 Å². The quantitative estimate of drug-likeness (QED) is 0.315. The first-order chi connectivity index (χ1) is 6.69. The van der Waals surface area contributed by atoms with E-state index in [1.165, 1.54) is 0 Å². The summed E-state index contributed by atoms with van der Waals surface area (Å²) in [5, 5.41) is 27.6. The van der Waals surface area contributed by atoms with Gasteiger partial charge in [0.2, 0.25) is 0 Å². The van der Waals surface area contributed by atoms with Gasteiger partial charge in [-0.1, -0.05) is 5.16 Å². The molecular formula is C8H14N4OS. The first-order valence-electron chi connectivity index (χ1n) is 4.23. The summed E-state index contributed by atoms with van der Waals surface area (Å²) in [6.07, 6.45) is 0. The van der Waals surface area contributed by atoms with Crippen molar-refractivity contribution in [2.24, 2.45) is 5.16 Å². The molecule has 0 bridgehead atoms. The second-order valence-corrected chi connectivity index (χ2v) is 3.98. The third-order valence-corrected chi connectivity index (χ3v) is 2.96. The van der Waals surface area contributed by atoms with Crippen LogP contribution in [0.2, 0.25) is 0 Å². The number of rotatable bonds is 3. The van der Waals surface area contributed by atoms with Crippen LogP contribution in [0.4, 0.5) is 0 Å². The SMILES string of the molecule is CNC1CNC(/C(=N/O)C(C)=N)=CS1. The summed E-state index contributed by atoms with van der Waals surface area (Å²) in [6.45, 7) is 2.34. The lowest BCUT2D eigenvalue weighted by Gasteiger charge is -2.22. The van der Waals surface area contributed by atoms with Crippen LogP contribution in [0.15, 0.2) is 16.3 Å². The molecule has 1 aliphatic heterocycles. The first-order valence-corrected chi connectivity index (χ1v) is 5.18. The topological polar surface area (TPSA) is 80.5 Å². The molecule has 1 atom stereocenters. The number of oxime groups is 1. The predicted molar refractivity (Wildman–Crippen MR) is 59.1 cm³/mol. The van der Waals surface area contributed by atoms with Gasteiger partial charge in [-0.15, -0.1) is 11.8 Å². The molecule has 0 aromatic carbocycles. The average molecular weight is 214 g/mol. The Bertz CT molecular complexity index is 287. The van der Waals surface area contributed by atoms with Gasteiger partial charge in [-0.25, -0.2) is 0 Å². The zero-order valence-electron chi connectivity index (χ0n) is 8.16. The van der Waals surface area contributed by atoms with Gasteiger partial charge >= 0.3 is 0 Å². The molecule has 0 saturated heterocycles. The number of nitrogens with zero attached hydrogens (tertiary/aromatic N) is 1. The maximum Gasteiger partial charge on any atom is 0.146 e. The summed E-state index contributed by atoms with van der Waals surface area (Å²) in [5.41, 5.74) is 1.25. The molecule has 78 valence electrons. The lowest BCUT2D eigenvalue weighted by atomic mass is 10.2. The summed E-state index contributed by atoms with van der Waals surface area (Å²) < 4.78 is 0. The highest BCUT2D eigenvalue weighted by Gasteiger charge is 2.17. The lowest BCUT2D eigenvalue weighted by molar-refractivity contribution is 0.320. The van der Waals surface area contributed by atoms with Gasteiger partial charge in [0.1, 0.15) is 5.71 Å². The molecule has 0 aliphatic carbocycles. The fourth-order valence-corrected chi connectivity index (χ4v) is 1.89. The van der Waals surface area contributed by atoms with E-state index in [0.717, 1.165) is 6.54 Å². The maximum atomic E-state index is 8.71. The van der Waals surface area contributed by atoms with Gasteiger partial charge in [-0.2, -0.15) is 0 Å². The van der Waals surface area contributed by atoms with Crippen LogP contribution in [0.1, 0.15) is 6.92 Å². The standard InChI is InChI=1S/C8H14N4OS/c1-5(9)8(12-13)6-4-14-7(10-2)3-11-6/h4,7,9-11,13H,3H2,1-2H3/b9-5?,12-8+. The van der Waals surface area contributed by atoms with Crippen molar-refractivity contribution >= 4 is 23.2 Å². The van der Waals surface area contributed by atoms with Gasteiger partial charge in [0.15, 0.2) is 0 Å². The van der Waals surface area contributed by atoms with Crippen molar-refractivity contribution in [2.75, 3.05) is 13.6 Å². The van der Waals surface area contributed by atoms with Gasteiger partial charge in [0.05, 0.1) is 16.8 Å². The highest BCUT2D eigenvalue weighted by molar-refractivity contribution is 8.02. The van der Waals surface area contributed by atoms with E-state index in [0.29, 0.717) is 16.8 Å². The van der Waals surface area contributed by atoms with Gasteiger partial charge < -0.3 is 21.3 Å². The summed E-state index contributed by atoms with van der Waals surface area (Å²) in [7, 11) is 1.89. The van der Waals surface area contributed by atoms with E-state index >= 15 is 0 Å². The number of likely N-dealkylation sites (N-methyl/N-ethyl adjacent to an activating group) is 1. The van der Waals surface area contributed by atoms with Crippen LogP contribution in [-0.2, 0) is 0 Å². The third kappa shape index (κ3) is 2.49. The molecule has 5 nitrogen and oxygen atoms in total. The number of nitrogens with one attached hydrogen (secondary N) is 3. The van der Waals surface area contributed by atoms with Crippen molar-refractivity contribution in [3.05, 3.63) is 11.1 Å². The molecule has 0 aromatic heterocycles. The number of allylic oxidation sites excluding steroid dienone is 1. The second-order valence-electron chi connectivity index (χ2n) is 2.90. The molecule has 1 rings (SSSR count). The minimum absolute atomic E-state index is 0.245. The average Bonchev–Trinajstić information content (AvgIpc) is 2.19. The molecule has 14 heavy (non-hydrogen) atoms. The number of thioether (sulfide) groups is 1. The molecule has 0 saturated carbocycles. The van der Waals surface area contributed by atoms with E-state index in [1.54, 1.807) is 18.7 Å². The predicted octanol–water partition coefficient (Wildman–Crippen LogP) is 0.580. The normalized spacial score (nSPS) is 22.6. The molecule has 0 aromatic rings. The van der Waals surface area contributed by atoms with Crippen molar-refractivity contribution in [1.82, 2.24) is 10.6 Å². The van der Waals surface area contributed by atoms with E-state index < -0.39 is 0 Å². The summed E-state index contributed by atoms with van der Waals surface area (Å²) in [4.78, 5) is 0. The molecule has 1 aliphatic rings. The Morgan fingerprint density at radius 2 is 2.57 bits per heavy atom. The molecule has 4 N–H and O–H groups in total. The smallest absolute Gasteiger partial charge is 0.146 e. The van der Waals surface area contributed by atoms with E-state index in [-0.39, 0.29) is 5.71 Å². The third-order valence-electron chi connectivity index (χ3n) is 1.86. The van der Waals surface area contributed by atoms with Crippen molar-refractivity contribution in [3.8, 4) is 0 Å². The zero-order chi connectivity index (χ0) is 10.6. The van der Waals surface area contributed by atoms with Crippen molar-refractivity contribution in [2.45, 2.75) is 12.3 Å². The summed E-state index contributed by atoms with van der Waals surface area (Å²) in [5.74, 6) is 0. The van der Waals surface area contributed by atoms with Crippen molar-refractivity contribution in [1.29, 1.82) is 5.41 Å². The molecule has 0 radical (unpaired) electrons. The van der Waals surface area contributed by atoms with Crippen LogP contribution in [-0.4, -0.2) is 35.6 Å². The molecule has 0 fully saturated rings. The van der Waals surface area contributed by atoms with Crippen LogP contribution in [0, 0.1) is 5.41 Å². The Labute approximate surface area is 87.2 Å². The van der Waals surface area contributed by atoms with Crippen LogP contribution in [0.5, 0.6) is 0 Å². The van der Waals surface area contributed by atoms with Crippen LogP contribution in [0.3, 0.4) is 0 Å². The minimum Gasteiger partial charge on any atom is -0.410 e. The zero-order valence-corrected chi connectivity index (χ0v) is 8.98. The van der Waals surface area contributed by atoms with Gasteiger partial charge in [0.25, 0.3) is 0 Å². The Balaban J connectivity index is 2.71. The molecule has 0 amide bonds. The van der Waals surface area contributed by atoms with Gasteiger partial charge in [-0.05, 0) is 19.4 Å². The van der Waals surface area contributed by atoms with Gasteiger partial charge in [0, 0.05) is 6.54 Å². The van der Waals surface area contributed by atoms with E-state index in [1.807, 2.05) is 12.5 Å². The summed E-state index contributed by atoms with van der Waals surface area (Å²) in [6, 6.07) is 0. The maximum absolute atomic E-state index is 8.71. The minimum atomic E-state index is 0.245. The molecular weight excluding hydrogens is 200 g/mol. The van der Waals surface area contributed by atoms with Crippen LogP contribution >= 0.6 is 11.8 Å². The fourth-order valence-electron chi connectivity index (χ4n) is 1.08. The van der Waals surface area contributed by atoms with Gasteiger partial charge in [-0.3, -0.25) is 0 Å². The Kier molecular flexibility index (Phi) is 3.97. The molecule has 6 heteroatoms. The largest absolute Gasteiger partial charge is 0.410 e. The Hall–Kier alpha value is -1.01. The fraction of sp³-hybridized carbons (Fsp3) is 0.500. The first kappa shape index (κ1) is 11.1. The highest BCUT2D eigenvalue weighted by atomic mass is 32.2. The van der Waals surface area contributed by atoms with E-state index in [9.17, 15) is 0 Å². The lowest BCUT2D eigenvalue weighted by Crippen LogP contribution is -2.38. The molecule has 1 heterocycles. The number of hydrogen-bond acceptors (Lipinski definition) is 6. The van der Waals surface area contributed by atoms with Crippen molar-refractivity contribution in [3.63, 3.8) is 0 Å². The summed E-state index contributed by atoms with van der Waals surface area (Å²) >= 11 is 1.61. The van der Waals surface area contributed by atoms with E-state index in [2.05, 4.69) is 15.8 Å². The monoisotopic (exact) mass is 214 g/mol.